The summed E-state index contributed by atoms with van der Waals surface area (Å²) in [4.78, 5) is 8.62. The molecule has 0 fully saturated rings. The smallest absolute Gasteiger partial charge is 0.224 e. The summed E-state index contributed by atoms with van der Waals surface area (Å²) < 4.78 is 5.22. The average molecular weight is 272 g/mol. The molecule has 0 bridgehead atoms. The lowest BCUT2D eigenvalue weighted by Gasteiger charge is -2.09. The van der Waals surface area contributed by atoms with Gasteiger partial charge in [-0.3, -0.25) is 0 Å². The topological polar surface area (TPSA) is 59.1 Å². The number of hydrogen-bond donors (Lipinski definition) is 2. The van der Waals surface area contributed by atoms with Crippen LogP contribution in [0.4, 0.5) is 11.8 Å². The Morgan fingerprint density at radius 3 is 2.80 bits per heavy atom. The van der Waals surface area contributed by atoms with Crippen LogP contribution in [0.2, 0.25) is 0 Å². The van der Waals surface area contributed by atoms with E-state index in [0.29, 0.717) is 5.95 Å². The first-order valence-electron chi connectivity index (χ1n) is 6.61. The maximum Gasteiger partial charge on any atom is 0.224 e. The molecule has 0 unspecified atom stereocenters. The molecule has 2 N–H and O–H groups in total. The van der Waals surface area contributed by atoms with Crippen molar-refractivity contribution in [3.63, 3.8) is 0 Å². The Kier molecular flexibility index (Phi) is 4.76. The molecular formula is C15H20N4O. The van der Waals surface area contributed by atoms with Gasteiger partial charge >= 0.3 is 0 Å². The fraction of sp³-hybridized carbons (Fsp3) is 0.333. The zero-order valence-corrected chi connectivity index (χ0v) is 12.1. The van der Waals surface area contributed by atoms with Gasteiger partial charge in [0, 0.05) is 25.4 Å². The summed E-state index contributed by atoms with van der Waals surface area (Å²) in [7, 11) is 3.50. The molecule has 0 amide bonds. The molecule has 0 aliphatic heterocycles. The zero-order chi connectivity index (χ0) is 14.4. The first kappa shape index (κ1) is 14.1. The number of aryl methyl sites for hydroxylation is 1. The number of aromatic nitrogens is 2. The van der Waals surface area contributed by atoms with Gasteiger partial charge in [0.05, 0.1) is 7.11 Å². The monoisotopic (exact) mass is 272 g/mol. The van der Waals surface area contributed by atoms with Gasteiger partial charge in [0.15, 0.2) is 0 Å². The molecule has 0 saturated carbocycles. The number of benzene rings is 1. The van der Waals surface area contributed by atoms with Crippen molar-refractivity contribution in [2.75, 3.05) is 31.3 Å². The van der Waals surface area contributed by atoms with E-state index in [-0.39, 0.29) is 0 Å². The first-order valence-corrected chi connectivity index (χ1v) is 6.61. The van der Waals surface area contributed by atoms with Crippen molar-refractivity contribution in [3.05, 3.63) is 41.6 Å². The fourth-order valence-corrected chi connectivity index (χ4v) is 1.93. The number of ether oxygens (including phenoxy) is 1. The highest BCUT2D eigenvalue weighted by atomic mass is 16.5. The van der Waals surface area contributed by atoms with E-state index >= 15 is 0 Å². The van der Waals surface area contributed by atoms with Gasteiger partial charge in [0.25, 0.3) is 0 Å². The molecule has 20 heavy (non-hydrogen) atoms. The fourth-order valence-electron chi connectivity index (χ4n) is 1.93. The minimum atomic E-state index is 0.633. The molecule has 0 radical (unpaired) electrons. The van der Waals surface area contributed by atoms with Crippen molar-refractivity contribution in [1.29, 1.82) is 0 Å². The molecular weight excluding hydrogens is 252 g/mol. The van der Waals surface area contributed by atoms with Crippen LogP contribution in [0.25, 0.3) is 0 Å². The van der Waals surface area contributed by atoms with Crippen molar-refractivity contribution in [1.82, 2.24) is 9.97 Å². The number of nitrogens with zero attached hydrogens (tertiary/aromatic N) is 2. The quantitative estimate of drug-likeness (QED) is 0.846. The number of hydrogen-bond acceptors (Lipinski definition) is 5. The predicted molar refractivity (Wildman–Crippen MR) is 81.5 cm³/mol. The number of nitrogens with one attached hydrogen (secondary N) is 2. The van der Waals surface area contributed by atoms with Crippen LogP contribution in [0.1, 0.15) is 11.3 Å². The third-order valence-electron chi connectivity index (χ3n) is 2.93. The van der Waals surface area contributed by atoms with Gasteiger partial charge in [-0.25, -0.2) is 4.98 Å². The second-order valence-corrected chi connectivity index (χ2v) is 4.50. The standard InChI is InChI=1S/C15H20N4O/c1-11-9-14(19-15(16-2)18-11)17-8-7-12-5-4-6-13(10-12)20-3/h4-6,9-10H,7-8H2,1-3H3,(H2,16,17,18,19). The third-order valence-corrected chi connectivity index (χ3v) is 2.93. The molecule has 1 heterocycles. The Bertz CT molecular complexity index is 572. The van der Waals surface area contributed by atoms with Gasteiger partial charge in [-0.2, -0.15) is 4.98 Å². The van der Waals surface area contributed by atoms with Crippen molar-refractivity contribution in [2.45, 2.75) is 13.3 Å². The highest BCUT2D eigenvalue weighted by Gasteiger charge is 2.01. The van der Waals surface area contributed by atoms with Crippen molar-refractivity contribution in [3.8, 4) is 5.75 Å². The third kappa shape index (κ3) is 3.85. The van der Waals surface area contributed by atoms with E-state index in [1.54, 1.807) is 7.11 Å². The van der Waals surface area contributed by atoms with Crippen molar-refractivity contribution < 1.29 is 4.74 Å². The van der Waals surface area contributed by atoms with Gasteiger partial charge in [0.1, 0.15) is 11.6 Å². The molecule has 0 saturated heterocycles. The van der Waals surface area contributed by atoms with Gasteiger partial charge in [-0.15, -0.1) is 0 Å². The lowest BCUT2D eigenvalue weighted by molar-refractivity contribution is 0.414. The van der Waals surface area contributed by atoms with Crippen LogP contribution in [0, 0.1) is 6.92 Å². The Labute approximate surface area is 119 Å². The molecule has 5 nitrogen and oxygen atoms in total. The Balaban J connectivity index is 1.93. The lowest BCUT2D eigenvalue weighted by atomic mass is 10.1. The molecule has 0 aliphatic carbocycles. The maximum atomic E-state index is 5.22. The van der Waals surface area contributed by atoms with Gasteiger partial charge in [-0.05, 0) is 31.0 Å². The van der Waals surface area contributed by atoms with E-state index in [1.165, 1.54) is 5.56 Å². The summed E-state index contributed by atoms with van der Waals surface area (Å²) in [6.07, 6.45) is 0.912. The van der Waals surface area contributed by atoms with Gasteiger partial charge in [-0.1, -0.05) is 12.1 Å². The van der Waals surface area contributed by atoms with E-state index in [9.17, 15) is 0 Å². The first-order chi connectivity index (χ1) is 9.71. The summed E-state index contributed by atoms with van der Waals surface area (Å²) in [6, 6.07) is 10.0. The van der Waals surface area contributed by atoms with E-state index in [0.717, 1.165) is 30.2 Å². The highest BCUT2D eigenvalue weighted by Crippen LogP contribution is 2.13. The minimum absolute atomic E-state index is 0.633. The van der Waals surface area contributed by atoms with Crippen LogP contribution in [0.15, 0.2) is 30.3 Å². The molecule has 2 aromatic rings. The van der Waals surface area contributed by atoms with E-state index < -0.39 is 0 Å². The molecule has 0 aliphatic rings. The van der Waals surface area contributed by atoms with Crippen LogP contribution in [-0.4, -0.2) is 30.7 Å². The largest absolute Gasteiger partial charge is 0.497 e. The van der Waals surface area contributed by atoms with Crippen LogP contribution in [0.5, 0.6) is 5.75 Å². The molecule has 1 aromatic carbocycles. The SMILES string of the molecule is CNc1nc(C)cc(NCCc2cccc(OC)c2)n1. The van der Waals surface area contributed by atoms with E-state index in [4.69, 9.17) is 4.74 Å². The second kappa shape index (κ2) is 6.75. The Morgan fingerprint density at radius 2 is 2.05 bits per heavy atom. The van der Waals surface area contributed by atoms with Crippen LogP contribution < -0.4 is 15.4 Å². The van der Waals surface area contributed by atoms with Gasteiger partial charge in [0.2, 0.25) is 5.95 Å². The molecule has 106 valence electrons. The molecule has 5 heteroatoms. The van der Waals surface area contributed by atoms with Crippen molar-refractivity contribution in [2.24, 2.45) is 0 Å². The summed E-state index contributed by atoms with van der Waals surface area (Å²) in [5, 5.41) is 6.27. The Hall–Kier alpha value is -2.30. The summed E-state index contributed by atoms with van der Waals surface area (Å²) in [6.45, 7) is 2.77. The molecule has 0 atom stereocenters. The second-order valence-electron chi connectivity index (χ2n) is 4.50. The Morgan fingerprint density at radius 1 is 1.20 bits per heavy atom. The van der Waals surface area contributed by atoms with E-state index in [1.807, 2.05) is 38.2 Å². The molecule has 0 spiro atoms. The highest BCUT2D eigenvalue weighted by molar-refractivity contribution is 5.42. The molecule has 2 rings (SSSR count). The average Bonchev–Trinajstić information content (AvgIpc) is 2.47. The summed E-state index contributed by atoms with van der Waals surface area (Å²) in [5.74, 6) is 2.36. The molecule has 1 aromatic heterocycles. The van der Waals surface area contributed by atoms with Crippen LogP contribution in [-0.2, 0) is 6.42 Å². The van der Waals surface area contributed by atoms with Crippen LogP contribution in [0.3, 0.4) is 0 Å². The lowest BCUT2D eigenvalue weighted by Crippen LogP contribution is -2.08. The maximum absolute atomic E-state index is 5.22. The number of anilines is 2. The van der Waals surface area contributed by atoms with E-state index in [2.05, 4.69) is 26.7 Å². The van der Waals surface area contributed by atoms with Crippen LogP contribution >= 0.6 is 0 Å². The van der Waals surface area contributed by atoms with Gasteiger partial charge < -0.3 is 15.4 Å². The minimum Gasteiger partial charge on any atom is -0.497 e. The number of rotatable bonds is 6. The number of methoxy groups -OCH3 is 1. The van der Waals surface area contributed by atoms with Crippen molar-refractivity contribution >= 4 is 11.8 Å². The summed E-state index contributed by atoms with van der Waals surface area (Å²) >= 11 is 0. The predicted octanol–water partition coefficient (Wildman–Crippen LogP) is 2.49. The normalized spacial score (nSPS) is 10.2. The summed E-state index contributed by atoms with van der Waals surface area (Å²) in [5.41, 5.74) is 2.17. The zero-order valence-electron chi connectivity index (χ0n) is 12.1.